The summed E-state index contributed by atoms with van der Waals surface area (Å²) in [6.07, 6.45) is 7.19. The molecule has 0 spiro atoms. The number of hydrogen-bond donors (Lipinski definition) is 0. The molecule has 0 fully saturated rings. The first-order chi connectivity index (χ1) is 18.5. The minimum Gasteiger partial charge on any atom is -0.339 e. The van der Waals surface area contributed by atoms with Crippen molar-refractivity contribution in [3.05, 3.63) is 72.3 Å². The van der Waals surface area contributed by atoms with Gasteiger partial charge in [0.1, 0.15) is 0 Å². The van der Waals surface area contributed by atoms with E-state index in [0.717, 1.165) is 57.4 Å². The summed E-state index contributed by atoms with van der Waals surface area (Å²) in [5, 5.41) is 0. The smallest absolute Gasteiger partial charge is 0.158 e. The summed E-state index contributed by atoms with van der Waals surface area (Å²) in [6, 6.07) is 16.1. The molecule has 4 aromatic heterocycles. The summed E-state index contributed by atoms with van der Waals surface area (Å²) in [7, 11) is 8.03. The van der Waals surface area contributed by atoms with Gasteiger partial charge in [-0.3, -0.25) is 9.98 Å². The second-order valence-electron chi connectivity index (χ2n) is 9.16. The lowest BCUT2D eigenvalue weighted by Gasteiger charge is -2.34. The van der Waals surface area contributed by atoms with Crippen molar-refractivity contribution in [3.63, 3.8) is 0 Å². The molecule has 0 radical (unpaired) electrons. The normalized spacial score (nSPS) is 14.1. The van der Waals surface area contributed by atoms with Gasteiger partial charge in [0.2, 0.25) is 0 Å². The Morgan fingerprint density at radius 2 is 0.974 bits per heavy atom. The lowest BCUT2D eigenvalue weighted by Crippen LogP contribution is -2.26. The molecular weight excluding hydrogens is 476 g/mol. The van der Waals surface area contributed by atoms with Crippen LogP contribution in [0.1, 0.15) is 11.4 Å². The van der Waals surface area contributed by atoms with Crippen LogP contribution in [0.5, 0.6) is 0 Å². The van der Waals surface area contributed by atoms with Gasteiger partial charge in [0, 0.05) is 53.0 Å². The maximum atomic E-state index is 4.81. The Bertz CT molecular complexity index is 1450. The van der Waals surface area contributed by atoms with Gasteiger partial charge in [0.05, 0.1) is 47.2 Å². The van der Waals surface area contributed by atoms with Crippen molar-refractivity contribution < 1.29 is 0 Å². The predicted molar refractivity (Wildman–Crippen MR) is 154 cm³/mol. The first-order valence-electron chi connectivity index (χ1n) is 12.4. The molecule has 0 N–H and O–H groups in total. The van der Waals surface area contributed by atoms with E-state index in [2.05, 4.69) is 54.0 Å². The molecule has 0 amide bonds. The minimum atomic E-state index is 0.556. The van der Waals surface area contributed by atoms with Gasteiger partial charge in [0.15, 0.2) is 23.3 Å². The van der Waals surface area contributed by atoms with Gasteiger partial charge in [-0.2, -0.15) is 0 Å². The van der Waals surface area contributed by atoms with Gasteiger partial charge in [-0.25, -0.2) is 19.9 Å². The Morgan fingerprint density at radius 3 is 1.42 bits per heavy atom. The number of nitrogens with zero attached hydrogens (tertiary/aromatic N) is 10. The second kappa shape index (κ2) is 9.55. The number of rotatable bonds is 5. The van der Waals surface area contributed by atoms with Crippen LogP contribution in [-0.2, 0) is 0 Å². The van der Waals surface area contributed by atoms with E-state index in [1.165, 1.54) is 0 Å². The summed E-state index contributed by atoms with van der Waals surface area (Å²) >= 11 is 0. The van der Waals surface area contributed by atoms with Crippen molar-refractivity contribution in [3.8, 4) is 0 Å². The number of hydrogen-bond acceptors (Lipinski definition) is 10. The number of pyridine rings is 4. The predicted octanol–water partition coefficient (Wildman–Crippen LogP) is 4.50. The third-order valence-electron chi connectivity index (χ3n) is 6.81. The highest BCUT2D eigenvalue weighted by Gasteiger charge is 2.27. The Morgan fingerprint density at radius 1 is 0.553 bits per heavy atom. The zero-order chi connectivity index (χ0) is 26.2. The Hall–Kier alpha value is -4.86. The lowest BCUT2D eigenvalue weighted by molar-refractivity contribution is 0.977. The van der Waals surface area contributed by atoms with Crippen molar-refractivity contribution in [2.24, 2.45) is 9.98 Å². The first-order valence-corrected chi connectivity index (χ1v) is 12.4. The molecule has 38 heavy (non-hydrogen) atoms. The van der Waals surface area contributed by atoms with Crippen LogP contribution < -0.4 is 19.6 Å². The fraction of sp³-hybridized carbons (Fsp3) is 0.214. The highest BCUT2D eigenvalue weighted by molar-refractivity contribution is 5.92. The fourth-order valence-corrected chi connectivity index (χ4v) is 4.78. The number of fused-ring (bicyclic) bond motifs is 4. The van der Waals surface area contributed by atoms with Gasteiger partial charge >= 0.3 is 0 Å². The molecule has 10 nitrogen and oxygen atoms in total. The van der Waals surface area contributed by atoms with E-state index < -0.39 is 0 Å². The van der Waals surface area contributed by atoms with E-state index in [1.807, 2.05) is 62.3 Å². The highest BCUT2D eigenvalue weighted by atomic mass is 15.3. The molecule has 6 heterocycles. The van der Waals surface area contributed by atoms with Crippen LogP contribution in [0.15, 0.2) is 70.9 Å². The van der Waals surface area contributed by atoms with Crippen LogP contribution in [0.25, 0.3) is 0 Å². The SMILES string of the molecule is CN1c2cccnc2N(C)c2nc(/C=N\CC/N=C/c3ccc4c(n3)N(C)c3ncccc3N4C)ccc21. The summed E-state index contributed by atoms with van der Waals surface area (Å²) in [5.41, 5.74) is 5.76. The molecule has 0 aromatic carbocycles. The Balaban J connectivity index is 1.10. The molecular formula is C28H28N10. The third-order valence-corrected chi connectivity index (χ3v) is 6.81. The molecule has 0 saturated heterocycles. The maximum absolute atomic E-state index is 4.81. The van der Waals surface area contributed by atoms with Crippen LogP contribution in [-0.4, -0.2) is 73.6 Å². The lowest BCUT2D eigenvalue weighted by atomic mass is 10.2. The molecule has 190 valence electrons. The first kappa shape index (κ1) is 23.5. The topological polar surface area (TPSA) is 89.2 Å². The van der Waals surface area contributed by atoms with E-state index in [4.69, 9.17) is 9.97 Å². The van der Waals surface area contributed by atoms with Crippen molar-refractivity contribution in [2.75, 3.05) is 60.9 Å². The van der Waals surface area contributed by atoms with Gasteiger partial charge in [-0.1, -0.05) is 0 Å². The monoisotopic (exact) mass is 504 g/mol. The Kier molecular flexibility index (Phi) is 5.91. The number of aliphatic imine (C=N–C) groups is 2. The largest absolute Gasteiger partial charge is 0.339 e. The molecule has 2 aliphatic heterocycles. The van der Waals surface area contributed by atoms with Crippen molar-refractivity contribution in [1.29, 1.82) is 0 Å². The molecule has 2 aliphatic rings. The molecule has 6 rings (SSSR count). The highest BCUT2D eigenvalue weighted by Crippen LogP contribution is 2.44. The van der Waals surface area contributed by atoms with E-state index >= 15 is 0 Å². The van der Waals surface area contributed by atoms with Crippen LogP contribution in [0.3, 0.4) is 0 Å². The van der Waals surface area contributed by atoms with Gasteiger partial charge in [0.25, 0.3) is 0 Å². The summed E-state index contributed by atoms with van der Waals surface area (Å²) in [4.78, 5) is 36.0. The molecule has 10 heteroatoms. The molecule has 4 aromatic rings. The van der Waals surface area contributed by atoms with Crippen LogP contribution in [0.2, 0.25) is 0 Å². The van der Waals surface area contributed by atoms with E-state index in [-0.39, 0.29) is 0 Å². The average molecular weight is 505 g/mol. The van der Waals surface area contributed by atoms with E-state index in [1.54, 1.807) is 24.8 Å². The van der Waals surface area contributed by atoms with Crippen molar-refractivity contribution in [2.45, 2.75) is 0 Å². The van der Waals surface area contributed by atoms with Gasteiger partial charge in [-0.15, -0.1) is 0 Å². The van der Waals surface area contributed by atoms with Crippen LogP contribution >= 0.6 is 0 Å². The summed E-state index contributed by atoms with van der Waals surface area (Å²) in [5.74, 6) is 3.47. The van der Waals surface area contributed by atoms with Gasteiger partial charge < -0.3 is 19.6 Å². The number of anilines is 8. The molecule has 0 atom stereocenters. The summed E-state index contributed by atoms with van der Waals surface area (Å²) < 4.78 is 0. The van der Waals surface area contributed by atoms with Crippen molar-refractivity contribution in [1.82, 2.24) is 19.9 Å². The molecule has 0 aliphatic carbocycles. The summed E-state index contributed by atoms with van der Waals surface area (Å²) in [6.45, 7) is 1.11. The minimum absolute atomic E-state index is 0.556. The maximum Gasteiger partial charge on any atom is 0.158 e. The molecule has 0 saturated carbocycles. The molecule has 0 bridgehead atoms. The molecule has 0 unspecified atom stereocenters. The zero-order valence-corrected chi connectivity index (χ0v) is 21.8. The van der Waals surface area contributed by atoms with E-state index in [9.17, 15) is 0 Å². The number of aromatic nitrogens is 4. The average Bonchev–Trinajstić information content (AvgIpc) is 2.96. The Labute approximate surface area is 221 Å². The van der Waals surface area contributed by atoms with Crippen molar-refractivity contribution >= 4 is 58.5 Å². The fourth-order valence-electron chi connectivity index (χ4n) is 4.78. The zero-order valence-electron chi connectivity index (χ0n) is 21.8. The standard InChI is InChI=1S/C28H28N10/c1-35-21-7-5-13-31-25(21)37(3)27-23(35)11-9-19(33-27)17-29-15-16-30-18-20-10-12-24-28(34-20)38(4)26-22(36(24)2)8-6-14-32-26/h5-14,17-18H,15-16H2,1-4H3/b29-17-,30-18+. The van der Waals surface area contributed by atoms with Crippen LogP contribution in [0.4, 0.5) is 46.0 Å². The van der Waals surface area contributed by atoms with Gasteiger partial charge in [-0.05, 0) is 48.5 Å². The quantitative estimate of drug-likeness (QED) is 0.290. The van der Waals surface area contributed by atoms with E-state index in [0.29, 0.717) is 13.1 Å². The second-order valence-corrected chi connectivity index (χ2v) is 9.16. The van der Waals surface area contributed by atoms with Crippen LogP contribution in [0, 0.1) is 0 Å². The third kappa shape index (κ3) is 4.00.